The molecule has 0 radical (unpaired) electrons. The summed E-state index contributed by atoms with van der Waals surface area (Å²) in [4.78, 5) is 28.2. The van der Waals surface area contributed by atoms with Gasteiger partial charge >= 0.3 is 5.97 Å². The van der Waals surface area contributed by atoms with Crippen LogP contribution < -0.4 is 0 Å². The van der Waals surface area contributed by atoms with Crippen molar-refractivity contribution < 1.29 is 24.2 Å². The number of carboxylic acid groups (broad SMARTS) is 1. The molecule has 1 aromatic carbocycles. The lowest BCUT2D eigenvalue weighted by molar-refractivity contribution is -0.138. The van der Waals surface area contributed by atoms with Crippen molar-refractivity contribution in [3.05, 3.63) is 53.3 Å². The van der Waals surface area contributed by atoms with E-state index >= 15 is 0 Å². The quantitative estimate of drug-likeness (QED) is 0.427. The monoisotopic (exact) mass is 524 g/mol. The number of carbonyl (C=O) groups excluding carboxylic acids is 1. The molecule has 1 amide bonds. The first kappa shape index (κ1) is 26.8. The van der Waals surface area contributed by atoms with Crippen LogP contribution in [0.5, 0.6) is 0 Å². The molecule has 5 rings (SSSR count). The number of hydrogen-bond acceptors (Lipinski definition) is 6. The van der Waals surface area contributed by atoms with Gasteiger partial charge in [-0.25, -0.2) is 0 Å². The Labute approximate surface area is 224 Å². The summed E-state index contributed by atoms with van der Waals surface area (Å²) < 4.78 is 13.6. The molecule has 9 heteroatoms. The average Bonchev–Trinajstić information content (AvgIpc) is 3.62. The smallest absolute Gasteiger partial charge is 0.305 e. The van der Waals surface area contributed by atoms with E-state index in [2.05, 4.69) is 34.3 Å². The number of morpholine rings is 1. The summed E-state index contributed by atoms with van der Waals surface area (Å²) in [7, 11) is 0. The number of carbonyl (C=O) groups is 2. The minimum absolute atomic E-state index is 0.0248. The first-order valence-electron chi connectivity index (χ1n) is 14.0. The summed E-state index contributed by atoms with van der Waals surface area (Å²) in [5.41, 5.74) is 2.82. The zero-order valence-electron chi connectivity index (χ0n) is 22.2. The topological polar surface area (TPSA) is 97.1 Å². The number of piperidine rings is 1. The van der Waals surface area contributed by atoms with Crippen molar-refractivity contribution >= 4 is 11.9 Å². The number of benzene rings is 1. The minimum atomic E-state index is -0.830. The second kappa shape index (κ2) is 12.4. The fourth-order valence-corrected chi connectivity index (χ4v) is 5.49. The van der Waals surface area contributed by atoms with Crippen LogP contribution in [0.3, 0.4) is 0 Å². The molecule has 2 aliphatic heterocycles. The van der Waals surface area contributed by atoms with Crippen LogP contribution in [-0.2, 0) is 33.7 Å². The highest BCUT2D eigenvalue weighted by molar-refractivity contribution is 5.92. The number of ether oxygens (including phenoxy) is 2. The van der Waals surface area contributed by atoms with E-state index in [0.717, 1.165) is 57.8 Å². The van der Waals surface area contributed by atoms with Crippen molar-refractivity contribution in [2.24, 2.45) is 5.92 Å². The Morgan fingerprint density at radius 3 is 2.63 bits per heavy atom. The SMILES string of the molecule is O=C(O)CCOCCc1cccc(CCN2CCC3(CC2)CN(C(=O)c2ccn(CC4CC4)n2)CCO3)c1. The summed E-state index contributed by atoms with van der Waals surface area (Å²) in [6.07, 6.45) is 8.15. The zero-order valence-corrected chi connectivity index (χ0v) is 22.2. The highest BCUT2D eigenvalue weighted by atomic mass is 16.5. The van der Waals surface area contributed by atoms with Crippen LogP contribution in [0, 0.1) is 5.92 Å². The van der Waals surface area contributed by atoms with Crippen molar-refractivity contribution in [2.45, 2.75) is 57.1 Å². The molecule has 206 valence electrons. The third-order valence-electron chi connectivity index (χ3n) is 8.01. The second-order valence-electron chi connectivity index (χ2n) is 11.0. The molecule has 1 aromatic heterocycles. The van der Waals surface area contributed by atoms with Crippen LogP contribution in [0.4, 0.5) is 0 Å². The summed E-state index contributed by atoms with van der Waals surface area (Å²) in [6.45, 7) is 6.50. The number of hydrogen-bond donors (Lipinski definition) is 1. The molecule has 0 atom stereocenters. The van der Waals surface area contributed by atoms with Crippen LogP contribution >= 0.6 is 0 Å². The molecule has 3 fully saturated rings. The minimum Gasteiger partial charge on any atom is -0.481 e. The Morgan fingerprint density at radius 2 is 1.87 bits per heavy atom. The normalized spacial score (nSPS) is 19.6. The Balaban J connectivity index is 1.05. The molecule has 38 heavy (non-hydrogen) atoms. The van der Waals surface area contributed by atoms with E-state index in [0.29, 0.717) is 32.0 Å². The number of likely N-dealkylation sites (tertiary alicyclic amines) is 1. The Bertz CT molecular complexity index is 1090. The first-order chi connectivity index (χ1) is 18.5. The van der Waals surface area contributed by atoms with Gasteiger partial charge < -0.3 is 24.4 Å². The van der Waals surface area contributed by atoms with Crippen LogP contribution in [0.25, 0.3) is 0 Å². The van der Waals surface area contributed by atoms with Crippen LogP contribution in [-0.4, -0.2) is 94.7 Å². The van der Waals surface area contributed by atoms with Gasteiger partial charge in [-0.05, 0) is 61.6 Å². The predicted molar refractivity (Wildman–Crippen MR) is 142 cm³/mol. The predicted octanol–water partition coefficient (Wildman–Crippen LogP) is 2.88. The third-order valence-corrected chi connectivity index (χ3v) is 8.01. The summed E-state index contributed by atoms with van der Waals surface area (Å²) in [5.74, 6) is -0.0738. The van der Waals surface area contributed by atoms with Gasteiger partial charge in [-0.15, -0.1) is 0 Å². The van der Waals surface area contributed by atoms with Crippen molar-refractivity contribution in [1.82, 2.24) is 19.6 Å². The van der Waals surface area contributed by atoms with Gasteiger partial charge in [0.2, 0.25) is 0 Å². The van der Waals surface area contributed by atoms with Crippen molar-refractivity contribution in [3.63, 3.8) is 0 Å². The fourth-order valence-electron chi connectivity index (χ4n) is 5.49. The molecule has 1 spiro atoms. The molecule has 1 saturated carbocycles. The molecule has 1 aliphatic carbocycles. The number of rotatable bonds is 12. The van der Waals surface area contributed by atoms with E-state index < -0.39 is 5.97 Å². The standard InChI is InChI=1S/C29H40N4O5/c34-27(35)9-18-37-17-8-24-3-1-2-23(20-24)6-12-31-14-10-29(11-15-31)22-32(16-19-38-29)28(36)26-7-13-33(30-26)21-25-4-5-25/h1-3,7,13,20,25H,4-6,8-12,14-19,21-22H2,(H,34,35). The highest BCUT2D eigenvalue weighted by Gasteiger charge is 2.41. The Kier molecular flexibility index (Phi) is 8.76. The maximum Gasteiger partial charge on any atom is 0.305 e. The Morgan fingerprint density at radius 1 is 1.08 bits per heavy atom. The molecular formula is C29H40N4O5. The molecular weight excluding hydrogens is 484 g/mol. The summed E-state index contributed by atoms with van der Waals surface area (Å²) in [5, 5.41) is 13.2. The molecule has 1 N–H and O–H groups in total. The van der Waals surface area contributed by atoms with Gasteiger partial charge in [0.05, 0.1) is 38.4 Å². The first-order valence-corrected chi connectivity index (χ1v) is 14.0. The van der Waals surface area contributed by atoms with Crippen molar-refractivity contribution in [1.29, 1.82) is 0 Å². The van der Waals surface area contributed by atoms with E-state index in [9.17, 15) is 9.59 Å². The van der Waals surface area contributed by atoms with Gasteiger partial charge in [-0.2, -0.15) is 5.10 Å². The summed E-state index contributed by atoms with van der Waals surface area (Å²) >= 11 is 0. The van der Waals surface area contributed by atoms with E-state index in [1.807, 2.05) is 21.8 Å². The van der Waals surface area contributed by atoms with Crippen LogP contribution in [0.2, 0.25) is 0 Å². The largest absolute Gasteiger partial charge is 0.481 e. The van der Waals surface area contributed by atoms with Crippen molar-refractivity contribution in [2.75, 3.05) is 52.5 Å². The average molecular weight is 525 g/mol. The lowest BCUT2D eigenvalue weighted by Gasteiger charge is -2.47. The Hall–Kier alpha value is -2.75. The fraction of sp³-hybridized carbons (Fsp3) is 0.621. The molecule has 2 saturated heterocycles. The van der Waals surface area contributed by atoms with E-state index in [1.165, 1.54) is 24.0 Å². The highest BCUT2D eigenvalue weighted by Crippen LogP contribution is 2.32. The van der Waals surface area contributed by atoms with Gasteiger partial charge in [-0.3, -0.25) is 14.3 Å². The molecule has 3 heterocycles. The number of amides is 1. The molecule has 0 unspecified atom stereocenters. The lowest BCUT2D eigenvalue weighted by Crippen LogP contribution is -2.58. The number of carboxylic acids is 1. The van der Waals surface area contributed by atoms with Gasteiger partial charge in [0.15, 0.2) is 0 Å². The van der Waals surface area contributed by atoms with Gasteiger partial charge in [-0.1, -0.05) is 24.3 Å². The van der Waals surface area contributed by atoms with Gasteiger partial charge in [0.1, 0.15) is 5.69 Å². The van der Waals surface area contributed by atoms with E-state index in [-0.39, 0.29) is 24.5 Å². The number of nitrogens with zero attached hydrogens (tertiary/aromatic N) is 4. The number of aromatic nitrogens is 2. The van der Waals surface area contributed by atoms with Crippen LogP contribution in [0.15, 0.2) is 36.5 Å². The van der Waals surface area contributed by atoms with Crippen LogP contribution in [0.1, 0.15) is 53.7 Å². The summed E-state index contributed by atoms with van der Waals surface area (Å²) in [6, 6.07) is 10.4. The molecule has 0 bridgehead atoms. The lowest BCUT2D eigenvalue weighted by atomic mass is 9.89. The van der Waals surface area contributed by atoms with Crippen molar-refractivity contribution in [3.8, 4) is 0 Å². The maximum absolute atomic E-state index is 13.2. The van der Waals surface area contributed by atoms with E-state index in [1.54, 1.807) is 0 Å². The molecule has 2 aromatic rings. The van der Waals surface area contributed by atoms with Gasteiger partial charge in [0.25, 0.3) is 5.91 Å². The second-order valence-corrected chi connectivity index (χ2v) is 11.0. The van der Waals surface area contributed by atoms with E-state index in [4.69, 9.17) is 14.6 Å². The maximum atomic E-state index is 13.2. The number of aliphatic carboxylic acids is 1. The third kappa shape index (κ3) is 7.42. The van der Waals surface area contributed by atoms with Gasteiger partial charge in [0, 0.05) is 38.9 Å². The molecule has 3 aliphatic rings. The zero-order chi connectivity index (χ0) is 26.4. The molecule has 9 nitrogen and oxygen atoms in total.